The molecule has 0 saturated carbocycles. The van der Waals surface area contributed by atoms with Crippen molar-refractivity contribution >= 4 is 23.9 Å². The van der Waals surface area contributed by atoms with E-state index in [0.29, 0.717) is 12.3 Å². The van der Waals surface area contributed by atoms with Gasteiger partial charge in [-0.1, -0.05) is 82.7 Å². The Kier molecular flexibility index (Phi) is 15.2. The summed E-state index contributed by atoms with van der Waals surface area (Å²) in [5.41, 5.74) is -8.41. The number of hydrogen-bond acceptors (Lipinski definition) is 12. The molecule has 0 aliphatic carbocycles. The number of carbonyl (C=O) groups is 4. The van der Waals surface area contributed by atoms with Gasteiger partial charge in [-0.25, -0.2) is 19.2 Å². The Labute approximate surface area is 339 Å². The van der Waals surface area contributed by atoms with Crippen LogP contribution in [0.25, 0.3) is 0 Å². The minimum atomic E-state index is -3.44. The van der Waals surface area contributed by atoms with Crippen LogP contribution >= 0.6 is 0 Å². The van der Waals surface area contributed by atoms with Gasteiger partial charge in [-0.2, -0.15) is 0 Å². The van der Waals surface area contributed by atoms with Crippen LogP contribution in [0.5, 0.6) is 0 Å². The van der Waals surface area contributed by atoms with Crippen LogP contribution in [0.15, 0.2) is 54.6 Å². The van der Waals surface area contributed by atoms with Crippen molar-refractivity contribution in [1.82, 2.24) is 0 Å². The van der Waals surface area contributed by atoms with Crippen LogP contribution in [0.1, 0.15) is 128 Å². The highest BCUT2D eigenvalue weighted by Crippen LogP contribution is 2.57. The molecule has 12 nitrogen and oxygen atoms in total. The van der Waals surface area contributed by atoms with Crippen LogP contribution in [-0.2, 0) is 54.0 Å². The average molecular weight is 801 g/mol. The second kappa shape index (κ2) is 18.1. The van der Waals surface area contributed by atoms with Gasteiger partial charge in [0.2, 0.25) is 17.5 Å². The first-order valence-electron chi connectivity index (χ1n) is 20.2. The molecule has 0 spiro atoms. The van der Waals surface area contributed by atoms with Crippen molar-refractivity contribution in [2.45, 2.75) is 181 Å². The van der Waals surface area contributed by atoms with Crippen molar-refractivity contribution in [2.75, 3.05) is 0 Å². The summed E-state index contributed by atoms with van der Waals surface area (Å²) >= 11 is 0. The molecule has 0 unspecified atom stereocenters. The first kappa shape index (κ1) is 47.8. The molecule has 57 heavy (non-hydrogen) atoms. The second-order valence-corrected chi connectivity index (χ2v) is 19.1. The predicted octanol–water partition coefficient (Wildman–Crippen LogP) is 7.11. The maximum atomic E-state index is 14.8. The van der Waals surface area contributed by atoms with Crippen molar-refractivity contribution in [1.29, 1.82) is 0 Å². The fourth-order valence-corrected chi connectivity index (χ4v) is 7.29. The topological polar surface area (TPSA) is 164 Å². The lowest BCUT2D eigenvalue weighted by atomic mass is 9.74. The molecule has 2 heterocycles. The second-order valence-electron chi connectivity index (χ2n) is 19.1. The molecule has 0 amide bonds. The smallest absolute Gasteiger partial charge is 0.347 e. The number of fused-ring (bicyclic) bond motifs is 2. The van der Waals surface area contributed by atoms with Gasteiger partial charge in [-0.15, -0.1) is 0 Å². The number of carbonyl (C=O) groups excluding carboxylic acids is 4. The number of rotatable bonds is 16. The largest absolute Gasteiger partial charge is 0.458 e. The Bertz CT molecular complexity index is 1610. The number of hydrogen-bond donors (Lipinski definition) is 2. The van der Waals surface area contributed by atoms with Crippen LogP contribution in [0, 0.1) is 17.8 Å². The van der Waals surface area contributed by atoms with E-state index in [2.05, 4.69) is 27.4 Å². The predicted molar refractivity (Wildman–Crippen MR) is 214 cm³/mol. The van der Waals surface area contributed by atoms with E-state index in [0.717, 1.165) is 36.5 Å². The SMILES string of the molecule is C=C(CC[C@@]12O[C@H](C(=O)OC(C)(C)C)[C@@](O)(C(=O)OC(C)(C)C)[C@@](C(=O)OC(C)(C)C)(O1)[C@H](OC(=O)/C=C/[C@@H](C)C[C@@H](C)CC)[C@H]2O)C[C@H](C)Cc1ccccc1. The van der Waals surface area contributed by atoms with E-state index in [1.54, 1.807) is 47.6 Å². The molecule has 1 aromatic rings. The van der Waals surface area contributed by atoms with E-state index in [4.69, 9.17) is 28.4 Å². The fraction of sp³-hybridized carbons (Fsp3) is 0.689. The van der Waals surface area contributed by atoms with E-state index in [1.807, 2.05) is 37.3 Å². The van der Waals surface area contributed by atoms with Crippen molar-refractivity contribution in [3.63, 3.8) is 0 Å². The molecule has 2 aliphatic heterocycles. The monoisotopic (exact) mass is 800 g/mol. The molecule has 3 rings (SSSR count). The van der Waals surface area contributed by atoms with Gasteiger partial charge in [0.05, 0.1) is 0 Å². The van der Waals surface area contributed by atoms with Gasteiger partial charge in [0.25, 0.3) is 5.60 Å². The molecule has 2 bridgehead atoms. The van der Waals surface area contributed by atoms with E-state index in [-0.39, 0.29) is 24.7 Å². The maximum Gasteiger partial charge on any atom is 0.347 e. The van der Waals surface area contributed by atoms with E-state index in [1.165, 1.54) is 20.8 Å². The van der Waals surface area contributed by atoms with Crippen molar-refractivity contribution in [2.24, 2.45) is 17.8 Å². The molecule has 9 atom stereocenters. The van der Waals surface area contributed by atoms with E-state index < -0.39 is 76.0 Å². The molecule has 2 N–H and O–H groups in total. The zero-order valence-corrected chi connectivity index (χ0v) is 36.4. The van der Waals surface area contributed by atoms with Gasteiger partial charge in [0.15, 0.2) is 6.10 Å². The molecule has 0 aromatic heterocycles. The third-order valence-electron chi connectivity index (χ3n) is 9.93. The Morgan fingerprint density at radius 2 is 1.44 bits per heavy atom. The normalized spacial score (nSPS) is 27.9. The zero-order valence-electron chi connectivity index (χ0n) is 36.4. The van der Waals surface area contributed by atoms with Crippen LogP contribution in [0.3, 0.4) is 0 Å². The highest BCUT2D eigenvalue weighted by molar-refractivity contribution is 6.00. The summed E-state index contributed by atoms with van der Waals surface area (Å²) in [7, 11) is 0. The first-order chi connectivity index (χ1) is 26.1. The minimum absolute atomic E-state index is 0.0449. The number of benzene rings is 1. The quantitative estimate of drug-likeness (QED) is 0.0755. The summed E-state index contributed by atoms with van der Waals surface area (Å²) in [6, 6.07) is 9.97. The lowest BCUT2D eigenvalue weighted by Gasteiger charge is -2.51. The molecule has 12 heteroatoms. The number of ether oxygens (including phenoxy) is 6. The molecule has 2 saturated heterocycles. The first-order valence-corrected chi connectivity index (χ1v) is 20.2. The molecular weight excluding hydrogens is 732 g/mol. The zero-order chi connectivity index (χ0) is 43.4. The lowest BCUT2D eigenvalue weighted by molar-refractivity contribution is -0.378. The number of allylic oxidation sites excluding steroid dienone is 2. The number of aliphatic hydroxyl groups excluding tert-OH is 1. The summed E-state index contributed by atoms with van der Waals surface area (Å²) in [5, 5.41) is 25.3. The molecule has 0 radical (unpaired) electrons. The fourth-order valence-electron chi connectivity index (χ4n) is 7.29. The van der Waals surface area contributed by atoms with Crippen LogP contribution < -0.4 is 0 Å². The van der Waals surface area contributed by atoms with Crippen molar-refractivity contribution < 1.29 is 57.8 Å². The summed E-state index contributed by atoms with van der Waals surface area (Å²) in [4.78, 5) is 57.3. The van der Waals surface area contributed by atoms with E-state index >= 15 is 0 Å². The van der Waals surface area contributed by atoms with Gasteiger partial charge in [0.1, 0.15) is 22.9 Å². The third kappa shape index (κ3) is 11.8. The van der Waals surface area contributed by atoms with Gasteiger partial charge < -0.3 is 38.6 Å². The maximum absolute atomic E-state index is 14.8. The van der Waals surface area contributed by atoms with Gasteiger partial charge in [-0.05, 0) is 111 Å². The van der Waals surface area contributed by atoms with Gasteiger partial charge in [0, 0.05) is 12.5 Å². The van der Waals surface area contributed by atoms with E-state index in [9.17, 15) is 29.4 Å². The minimum Gasteiger partial charge on any atom is -0.458 e. The summed E-state index contributed by atoms with van der Waals surface area (Å²) < 4.78 is 35.8. The Morgan fingerprint density at radius 1 is 0.877 bits per heavy atom. The Morgan fingerprint density at radius 3 is 1.98 bits per heavy atom. The third-order valence-corrected chi connectivity index (χ3v) is 9.93. The van der Waals surface area contributed by atoms with Crippen molar-refractivity contribution in [3.05, 3.63) is 60.2 Å². The number of esters is 4. The van der Waals surface area contributed by atoms with Crippen molar-refractivity contribution in [3.8, 4) is 0 Å². The molecule has 2 fully saturated rings. The number of aliphatic hydroxyl groups is 2. The lowest BCUT2D eigenvalue weighted by Crippen LogP contribution is -2.79. The van der Waals surface area contributed by atoms with Crippen LogP contribution in [-0.4, -0.2) is 86.2 Å². The highest BCUT2D eigenvalue weighted by Gasteiger charge is 2.86. The molecule has 1 aromatic carbocycles. The summed E-state index contributed by atoms with van der Waals surface area (Å²) in [5.74, 6) is -7.04. The molecule has 320 valence electrons. The van der Waals surface area contributed by atoms with Gasteiger partial charge in [-0.3, -0.25) is 0 Å². The van der Waals surface area contributed by atoms with Crippen LogP contribution in [0.2, 0.25) is 0 Å². The Hall–Kier alpha value is -3.58. The molecule has 2 aliphatic rings. The summed E-state index contributed by atoms with van der Waals surface area (Å²) in [6.45, 7) is 26.3. The summed E-state index contributed by atoms with van der Waals surface area (Å²) in [6.07, 6.45) is -0.821. The highest BCUT2D eigenvalue weighted by atomic mass is 16.8. The Balaban J connectivity index is 2.24. The van der Waals surface area contributed by atoms with Crippen LogP contribution in [0.4, 0.5) is 0 Å². The standard InChI is InChI=1S/C45H68O12/c1-15-28(2)25-29(3)21-22-33(46)52-35-34(47)43(24-23-30(4)26-31(5)27-32-19-17-16-18-20-32)53-36(37(48)54-40(6,7)8)44(51,38(49)55-41(9,10)11)45(35,57-43)39(50)56-42(12,13)14/h16-22,28-29,31,34-36,47,51H,4,15,23-27H2,1-3,5-14H3/b22-21+/t28-,29+,31-,34+,35+,36+,43+,44+,45+/m0/s1. The average Bonchev–Trinajstić information content (AvgIpc) is 3.28. The van der Waals surface area contributed by atoms with Gasteiger partial charge >= 0.3 is 23.9 Å². The molecular formula is C45H68O12.